The average Bonchev–Trinajstić information content (AvgIpc) is 2.51. The first-order chi connectivity index (χ1) is 9.78. The van der Waals surface area contributed by atoms with Gasteiger partial charge in [-0.1, -0.05) is 30.3 Å². The van der Waals surface area contributed by atoms with E-state index in [0.29, 0.717) is 5.82 Å². The minimum atomic E-state index is 0.486. The molecular formula is C16H15N3O. The van der Waals surface area contributed by atoms with Crippen LogP contribution >= 0.6 is 0 Å². The van der Waals surface area contributed by atoms with E-state index in [1.807, 2.05) is 48.5 Å². The van der Waals surface area contributed by atoms with Gasteiger partial charge in [-0.3, -0.25) is 0 Å². The summed E-state index contributed by atoms with van der Waals surface area (Å²) in [4.78, 5) is 0. The zero-order valence-corrected chi connectivity index (χ0v) is 11.2. The van der Waals surface area contributed by atoms with Crippen LogP contribution in [-0.4, -0.2) is 17.3 Å². The van der Waals surface area contributed by atoms with E-state index in [2.05, 4.69) is 10.2 Å². The number of hydrogen-bond acceptors (Lipinski definition) is 4. The Morgan fingerprint density at radius 1 is 1.00 bits per heavy atom. The third-order valence-corrected chi connectivity index (χ3v) is 3.34. The Hall–Kier alpha value is -2.62. The highest BCUT2D eigenvalue weighted by molar-refractivity contribution is 5.84. The normalized spacial score (nSPS) is 10.7. The quantitative estimate of drug-likeness (QED) is 0.791. The van der Waals surface area contributed by atoms with E-state index in [1.54, 1.807) is 7.11 Å². The third-order valence-electron chi connectivity index (χ3n) is 3.34. The Morgan fingerprint density at radius 3 is 2.50 bits per heavy atom. The zero-order chi connectivity index (χ0) is 13.9. The molecule has 0 bridgehead atoms. The zero-order valence-electron chi connectivity index (χ0n) is 11.2. The highest BCUT2D eigenvalue weighted by Gasteiger charge is 2.08. The van der Waals surface area contributed by atoms with Crippen molar-refractivity contribution >= 4 is 16.7 Å². The molecule has 0 saturated heterocycles. The van der Waals surface area contributed by atoms with Crippen molar-refractivity contribution in [1.82, 2.24) is 10.2 Å². The monoisotopic (exact) mass is 265 g/mol. The fraction of sp³-hybridized carbons (Fsp3) is 0.125. The van der Waals surface area contributed by atoms with E-state index < -0.39 is 0 Å². The first kappa shape index (κ1) is 12.4. The van der Waals surface area contributed by atoms with E-state index in [-0.39, 0.29) is 0 Å². The van der Waals surface area contributed by atoms with Crippen molar-refractivity contribution in [3.8, 4) is 5.75 Å². The highest BCUT2D eigenvalue weighted by atomic mass is 16.5. The molecule has 0 unspecified atom stereocenters. The summed E-state index contributed by atoms with van der Waals surface area (Å²) in [5, 5.41) is 9.21. The third kappa shape index (κ3) is 2.28. The maximum atomic E-state index is 5.99. The topological polar surface area (TPSA) is 61.0 Å². The van der Waals surface area contributed by atoms with Gasteiger partial charge in [-0.2, -0.15) is 0 Å². The maximum absolute atomic E-state index is 5.99. The number of nitrogens with two attached hydrogens (primary N) is 1. The lowest BCUT2D eigenvalue weighted by Gasteiger charge is -2.09. The van der Waals surface area contributed by atoms with Crippen molar-refractivity contribution in [3.63, 3.8) is 0 Å². The van der Waals surface area contributed by atoms with Gasteiger partial charge < -0.3 is 10.5 Å². The van der Waals surface area contributed by atoms with Crippen LogP contribution in [0, 0.1) is 0 Å². The smallest absolute Gasteiger partial charge is 0.150 e. The molecule has 4 heteroatoms. The highest BCUT2D eigenvalue weighted by Crippen LogP contribution is 2.24. The summed E-state index contributed by atoms with van der Waals surface area (Å²) in [5.41, 5.74) is 9.04. The standard InChI is InChI=1S/C16H15N3O/c1-20-12-8-6-11(7-9-12)10-14-13-4-2-3-5-15(13)18-19-16(14)17/h2-9H,10H2,1H3,(H2,17,19). The van der Waals surface area contributed by atoms with Gasteiger partial charge >= 0.3 is 0 Å². The van der Waals surface area contributed by atoms with Crippen LogP contribution in [0.4, 0.5) is 5.82 Å². The molecule has 0 fully saturated rings. The van der Waals surface area contributed by atoms with Crippen molar-refractivity contribution in [3.05, 3.63) is 59.7 Å². The lowest BCUT2D eigenvalue weighted by Crippen LogP contribution is -2.02. The van der Waals surface area contributed by atoms with Crippen LogP contribution in [0.15, 0.2) is 48.5 Å². The molecule has 0 aliphatic carbocycles. The molecule has 1 heterocycles. The summed E-state index contributed by atoms with van der Waals surface area (Å²) >= 11 is 0. The molecule has 100 valence electrons. The van der Waals surface area contributed by atoms with Gasteiger partial charge in [0.25, 0.3) is 0 Å². The number of hydrogen-bond donors (Lipinski definition) is 1. The summed E-state index contributed by atoms with van der Waals surface area (Å²) in [5.74, 6) is 1.33. The Kier molecular flexibility index (Phi) is 3.21. The number of aromatic nitrogens is 2. The van der Waals surface area contributed by atoms with Crippen LogP contribution in [-0.2, 0) is 6.42 Å². The fourth-order valence-corrected chi connectivity index (χ4v) is 2.26. The largest absolute Gasteiger partial charge is 0.497 e. The maximum Gasteiger partial charge on any atom is 0.150 e. The molecule has 0 aliphatic rings. The van der Waals surface area contributed by atoms with Crippen LogP contribution in [0.3, 0.4) is 0 Å². The van der Waals surface area contributed by atoms with Gasteiger partial charge in [0.2, 0.25) is 0 Å². The van der Waals surface area contributed by atoms with Crippen molar-refractivity contribution in [1.29, 1.82) is 0 Å². The van der Waals surface area contributed by atoms with Gasteiger partial charge in [0.1, 0.15) is 11.6 Å². The molecule has 20 heavy (non-hydrogen) atoms. The van der Waals surface area contributed by atoms with Crippen molar-refractivity contribution in [2.75, 3.05) is 12.8 Å². The van der Waals surface area contributed by atoms with Crippen LogP contribution < -0.4 is 10.5 Å². The SMILES string of the molecule is COc1ccc(Cc2c(N)nnc3ccccc23)cc1. The molecule has 0 radical (unpaired) electrons. The van der Waals surface area contributed by atoms with Gasteiger partial charge in [-0.15, -0.1) is 10.2 Å². The van der Waals surface area contributed by atoms with Crippen LogP contribution in [0.5, 0.6) is 5.75 Å². The van der Waals surface area contributed by atoms with E-state index in [0.717, 1.165) is 34.2 Å². The number of anilines is 1. The second-order valence-electron chi connectivity index (χ2n) is 4.61. The number of rotatable bonds is 3. The summed E-state index contributed by atoms with van der Waals surface area (Å²) in [6.07, 6.45) is 0.728. The summed E-state index contributed by atoms with van der Waals surface area (Å²) < 4.78 is 5.17. The molecule has 2 aromatic carbocycles. The minimum Gasteiger partial charge on any atom is -0.497 e. The molecule has 1 aromatic heterocycles. The Balaban J connectivity index is 2.02. The molecule has 0 amide bonds. The number of nitrogen functional groups attached to an aromatic ring is 1. The average molecular weight is 265 g/mol. The van der Waals surface area contributed by atoms with Gasteiger partial charge in [0, 0.05) is 17.4 Å². The number of methoxy groups -OCH3 is 1. The lowest BCUT2D eigenvalue weighted by atomic mass is 10.0. The first-order valence-corrected chi connectivity index (χ1v) is 6.40. The Bertz CT molecular complexity index is 738. The molecule has 0 saturated carbocycles. The molecule has 0 spiro atoms. The second kappa shape index (κ2) is 5.17. The van der Waals surface area contributed by atoms with E-state index in [1.165, 1.54) is 0 Å². The molecular weight excluding hydrogens is 250 g/mol. The Morgan fingerprint density at radius 2 is 1.75 bits per heavy atom. The van der Waals surface area contributed by atoms with Crippen LogP contribution in [0.25, 0.3) is 10.9 Å². The van der Waals surface area contributed by atoms with Crippen LogP contribution in [0.1, 0.15) is 11.1 Å². The lowest BCUT2D eigenvalue weighted by molar-refractivity contribution is 0.414. The summed E-state index contributed by atoms with van der Waals surface area (Å²) in [6.45, 7) is 0. The molecule has 0 atom stereocenters. The number of fused-ring (bicyclic) bond motifs is 1. The Labute approximate surface area is 117 Å². The molecule has 3 aromatic rings. The van der Waals surface area contributed by atoms with Gasteiger partial charge in [0.05, 0.1) is 12.6 Å². The van der Waals surface area contributed by atoms with E-state index >= 15 is 0 Å². The van der Waals surface area contributed by atoms with Crippen molar-refractivity contribution in [2.45, 2.75) is 6.42 Å². The van der Waals surface area contributed by atoms with Gasteiger partial charge in [0.15, 0.2) is 0 Å². The van der Waals surface area contributed by atoms with E-state index in [4.69, 9.17) is 10.5 Å². The first-order valence-electron chi connectivity index (χ1n) is 6.40. The molecule has 0 aliphatic heterocycles. The minimum absolute atomic E-state index is 0.486. The summed E-state index contributed by atoms with van der Waals surface area (Å²) in [6, 6.07) is 15.9. The number of benzene rings is 2. The van der Waals surface area contributed by atoms with Crippen molar-refractivity contribution in [2.24, 2.45) is 0 Å². The van der Waals surface area contributed by atoms with Crippen LogP contribution in [0.2, 0.25) is 0 Å². The molecule has 3 rings (SSSR count). The van der Waals surface area contributed by atoms with E-state index in [9.17, 15) is 0 Å². The second-order valence-corrected chi connectivity index (χ2v) is 4.61. The molecule has 2 N–H and O–H groups in total. The van der Waals surface area contributed by atoms with Crippen molar-refractivity contribution < 1.29 is 4.74 Å². The fourth-order valence-electron chi connectivity index (χ4n) is 2.26. The predicted molar refractivity (Wildman–Crippen MR) is 79.8 cm³/mol. The van der Waals surface area contributed by atoms with Gasteiger partial charge in [-0.25, -0.2) is 0 Å². The van der Waals surface area contributed by atoms with Gasteiger partial charge in [-0.05, 0) is 23.8 Å². The number of ether oxygens (including phenoxy) is 1. The molecule has 4 nitrogen and oxygen atoms in total. The number of nitrogens with zero attached hydrogens (tertiary/aromatic N) is 2. The predicted octanol–water partition coefficient (Wildman–Crippen LogP) is 2.81. The summed E-state index contributed by atoms with van der Waals surface area (Å²) in [7, 11) is 1.66.